The van der Waals surface area contributed by atoms with Crippen LogP contribution in [0.3, 0.4) is 0 Å². The smallest absolute Gasteiger partial charge is 0.243 e. The van der Waals surface area contributed by atoms with E-state index in [-0.39, 0.29) is 104 Å². The molecule has 3 aromatic rings. The van der Waals surface area contributed by atoms with Crippen LogP contribution in [0.15, 0.2) is 72.8 Å². The zero-order chi connectivity index (χ0) is 56.6. The molecule has 3 aliphatic carbocycles. The van der Waals surface area contributed by atoms with Gasteiger partial charge in [-0.3, -0.25) is 38.4 Å². The number of Topliss-reactive ketones (excluding diaryl/α,β-unsaturated/α-hetero) is 2. The third-order valence-corrected chi connectivity index (χ3v) is 16.9. The monoisotopic (exact) mass is 1070 g/mol. The highest BCUT2D eigenvalue weighted by atomic mass is 16.2. The number of hydrogen-bond acceptors (Lipinski definition) is 10. The first-order valence-corrected chi connectivity index (χ1v) is 28.4. The van der Waals surface area contributed by atoms with Crippen LogP contribution < -0.4 is 37.2 Å². The molecule has 16 nitrogen and oxygen atoms in total. The first kappa shape index (κ1) is 59.4. The van der Waals surface area contributed by atoms with Gasteiger partial charge in [0.25, 0.3) is 0 Å². The van der Waals surface area contributed by atoms with Crippen molar-refractivity contribution < 1.29 is 38.4 Å². The quantitative estimate of drug-likeness (QED) is 0.0732. The van der Waals surface area contributed by atoms with Crippen molar-refractivity contribution in [3.8, 4) is 0 Å². The van der Waals surface area contributed by atoms with E-state index in [0.717, 1.165) is 49.7 Å². The number of rotatable bonds is 20. The topological polar surface area (TPSA) is 224 Å². The molecule has 0 spiro atoms. The van der Waals surface area contributed by atoms with E-state index in [0.29, 0.717) is 11.1 Å². The van der Waals surface area contributed by atoms with Gasteiger partial charge in [0.15, 0.2) is 5.78 Å². The van der Waals surface area contributed by atoms with Gasteiger partial charge in [-0.2, -0.15) is 0 Å². The number of carbonyl (C=O) groups is 8. The highest BCUT2D eigenvalue weighted by molar-refractivity contribution is 5.97. The minimum absolute atomic E-state index is 0.00868. The van der Waals surface area contributed by atoms with E-state index in [1.165, 1.54) is 11.1 Å². The Morgan fingerprint density at radius 1 is 0.590 bits per heavy atom. The Bertz CT molecular complexity index is 2500. The number of likely N-dealkylation sites (tertiary alicyclic amines) is 1. The molecule has 0 aromatic heterocycles. The number of nitrogens with one attached hydrogen (secondary N) is 7. The largest absolute Gasteiger partial charge is 0.353 e. The summed E-state index contributed by atoms with van der Waals surface area (Å²) < 4.78 is 0. The maximum Gasteiger partial charge on any atom is 0.243 e. The van der Waals surface area contributed by atoms with Crippen LogP contribution in [0, 0.1) is 28.6 Å². The van der Waals surface area contributed by atoms with E-state index in [1.807, 2.05) is 77.9 Å². The van der Waals surface area contributed by atoms with Gasteiger partial charge in [0, 0.05) is 42.8 Å². The molecule has 1 saturated carbocycles. The second-order valence-corrected chi connectivity index (χ2v) is 24.7. The highest BCUT2D eigenvalue weighted by Gasteiger charge is 2.49. The normalized spacial score (nSPS) is 23.6. The van der Waals surface area contributed by atoms with Crippen LogP contribution in [-0.2, 0) is 64.0 Å². The average molecular weight is 1070 g/mol. The van der Waals surface area contributed by atoms with Gasteiger partial charge in [0.1, 0.15) is 11.8 Å². The van der Waals surface area contributed by atoms with Crippen LogP contribution in [0.25, 0.3) is 0 Å². The van der Waals surface area contributed by atoms with Crippen LogP contribution in [0.5, 0.6) is 0 Å². The summed E-state index contributed by atoms with van der Waals surface area (Å²) in [7, 11) is 3.38. The van der Waals surface area contributed by atoms with Crippen LogP contribution in [-0.4, -0.2) is 109 Å². The zero-order valence-corrected chi connectivity index (χ0v) is 47.7. The number of benzene rings is 3. The average Bonchev–Trinajstić information content (AvgIpc) is 4.14. The van der Waals surface area contributed by atoms with E-state index in [1.54, 1.807) is 57.1 Å². The molecule has 1 aliphatic heterocycles. The number of likely N-dealkylation sites (N-methyl/N-ethyl adjacent to an activating group) is 2. The van der Waals surface area contributed by atoms with E-state index in [2.05, 4.69) is 49.4 Å². The number of ketones is 2. The van der Waals surface area contributed by atoms with Gasteiger partial charge >= 0.3 is 0 Å². The lowest BCUT2D eigenvalue weighted by Crippen LogP contribution is -2.55. The first-order valence-electron chi connectivity index (χ1n) is 28.4. The molecule has 1 unspecified atom stereocenters. The van der Waals surface area contributed by atoms with E-state index >= 15 is 0 Å². The summed E-state index contributed by atoms with van der Waals surface area (Å²) in [5.74, 6) is -4.21. The van der Waals surface area contributed by atoms with E-state index < -0.39 is 64.8 Å². The number of aryl methyl sites for hydroxylation is 2. The summed E-state index contributed by atoms with van der Waals surface area (Å²) in [5.41, 5.74) is 4.70. The molecule has 1 heterocycles. The Kier molecular flexibility index (Phi) is 19.6. The SMILES string of the molecule is CN[C@@H](C)C(=O)C[C@H](C(=O)N1C[C@@H](NC(=O)Cc2ccc(CC(=O)N[C@@H]3CC(C(=O)[C@@H](NC(=O)[C@H](C)NC)C(C)(C)C)[C@H](C(=O)N[C@@H]4CCCc5ccccc54)C3)cc2)C[C@H]1C(=O)N[C@@H]1CCCc2ccccc21)C(C)(C)C. The predicted molar refractivity (Wildman–Crippen MR) is 301 cm³/mol. The second-order valence-electron chi connectivity index (χ2n) is 24.7. The molecule has 78 heavy (non-hydrogen) atoms. The van der Waals surface area contributed by atoms with Crippen molar-refractivity contribution in [2.24, 2.45) is 28.6 Å². The van der Waals surface area contributed by atoms with Gasteiger partial charge in [-0.1, -0.05) is 114 Å². The minimum atomic E-state index is -0.876. The molecule has 1 saturated heterocycles. The molecule has 422 valence electrons. The lowest BCUT2D eigenvalue weighted by molar-refractivity contribution is -0.146. The van der Waals surface area contributed by atoms with Crippen molar-refractivity contribution in [2.45, 2.75) is 181 Å². The fourth-order valence-corrected chi connectivity index (χ4v) is 12.1. The number of nitrogens with zero attached hydrogens (tertiary/aromatic N) is 1. The lowest BCUT2D eigenvalue weighted by Gasteiger charge is -2.36. The van der Waals surface area contributed by atoms with Crippen LogP contribution in [0.2, 0.25) is 0 Å². The molecule has 0 bridgehead atoms. The van der Waals surface area contributed by atoms with Gasteiger partial charge in [0.05, 0.1) is 43.1 Å². The highest BCUT2D eigenvalue weighted by Crippen LogP contribution is 2.39. The van der Waals surface area contributed by atoms with Crippen molar-refractivity contribution in [2.75, 3.05) is 20.6 Å². The van der Waals surface area contributed by atoms with Crippen molar-refractivity contribution in [3.05, 3.63) is 106 Å². The zero-order valence-electron chi connectivity index (χ0n) is 47.7. The molecule has 7 N–H and O–H groups in total. The Labute approximate surface area is 461 Å². The molecular weight excluding hydrogens is 985 g/mol. The molecule has 3 aromatic carbocycles. The van der Waals surface area contributed by atoms with E-state index in [4.69, 9.17) is 0 Å². The predicted octanol–water partition coefficient (Wildman–Crippen LogP) is 5.69. The summed E-state index contributed by atoms with van der Waals surface area (Å²) in [5, 5.41) is 21.6. The van der Waals surface area contributed by atoms with Crippen LogP contribution >= 0.6 is 0 Å². The summed E-state index contributed by atoms with van der Waals surface area (Å²) >= 11 is 0. The number of fused-ring (bicyclic) bond motifs is 2. The van der Waals surface area contributed by atoms with Crippen LogP contribution in [0.1, 0.15) is 152 Å². The maximum atomic E-state index is 14.7. The Morgan fingerprint density at radius 3 is 1.60 bits per heavy atom. The Morgan fingerprint density at radius 2 is 1.09 bits per heavy atom. The number of amides is 6. The fraction of sp³-hybridized carbons (Fsp3) is 0.581. The molecule has 7 rings (SSSR count). The van der Waals surface area contributed by atoms with Crippen molar-refractivity contribution in [3.63, 3.8) is 0 Å². The summed E-state index contributed by atoms with van der Waals surface area (Å²) in [6.45, 7) is 15.1. The third-order valence-electron chi connectivity index (χ3n) is 16.9. The van der Waals surface area contributed by atoms with Crippen molar-refractivity contribution >= 4 is 47.0 Å². The van der Waals surface area contributed by atoms with Crippen molar-refractivity contribution in [1.29, 1.82) is 0 Å². The summed E-state index contributed by atoms with van der Waals surface area (Å²) in [4.78, 5) is 114. The lowest BCUT2D eigenvalue weighted by atomic mass is 9.76. The molecule has 0 radical (unpaired) electrons. The maximum absolute atomic E-state index is 14.7. The van der Waals surface area contributed by atoms with Gasteiger partial charge < -0.3 is 42.1 Å². The summed E-state index contributed by atoms with van der Waals surface area (Å²) in [6.07, 6.45) is 6.01. The molecule has 6 amide bonds. The number of carbonyl (C=O) groups excluding carboxylic acids is 8. The van der Waals surface area contributed by atoms with Gasteiger partial charge in [-0.05, 0) is 130 Å². The van der Waals surface area contributed by atoms with Crippen molar-refractivity contribution in [1.82, 2.24) is 42.1 Å². The van der Waals surface area contributed by atoms with Gasteiger partial charge in [-0.25, -0.2) is 0 Å². The summed E-state index contributed by atoms with van der Waals surface area (Å²) in [6, 6.07) is 19.3. The fourth-order valence-electron chi connectivity index (χ4n) is 12.1. The van der Waals surface area contributed by atoms with E-state index in [9.17, 15) is 38.4 Å². The van der Waals surface area contributed by atoms with Gasteiger partial charge in [-0.15, -0.1) is 0 Å². The Hall–Kier alpha value is -6.26. The van der Waals surface area contributed by atoms with Crippen LogP contribution in [0.4, 0.5) is 0 Å². The standard InChI is InChI=1S/C62H86N8O8/c1-36(63-9)52(71)34-48(61(3,4)5)60(78)70-35-43(33-51(70)59(77)68-50-24-16-20-41-18-12-14-22-45(41)50)66-54(73)30-39-27-25-38(26-28-39)29-53(72)65-42-31-46(55(74)56(62(6,7)8)69-57(75)37(2)64-10)47(32-42)58(76)67-49-23-15-19-40-17-11-13-21-44(40)49/h11-14,17-18,21-22,25-28,36-37,42-43,46-51,56,63-64H,15-16,19-20,23-24,29-35H2,1-10H3,(H,65,72)(H,66,73)(H,67,76)(H,68,77)(H,69,75)/t36-,37-,42+,43-,46?,47+,48+,49+,50+,51-,56+/m0/s1. The van der Waals surface area contributed by atoms with Gasteiger partial charge in [0.2, 0.25) is 35.4 Å². The number of hydrogen-bond donors (Lipinski definition) is 7. The molecule has 16 heteroatoms. The first-order chi connectivity index (χ1) is 36.9. The molecule has 11 atom stereocenters. The second kappa shape index (κ2) is 25.7. The molecule has 4 aliphatic rings. The third kappa shape index (κ3) is 14.7. The Balaban J connectivity index is 0.999. The molecule has 2 fully saturated rings. The molecular formula is C62H86N8O8. The minimum Gasteiger partial charge on any atom is -0.353 e.